The van der Waals surface area contributed by atoms with E-state index in [0.717, 1.165) is 16.3 Å². The number of aromatic nitrogens is 4. The van der Waals surface area contributed by atoms with Crippen molar-refractivity contribution in [3.05, 3.63) is 60.7 Å². The molecular formula is C22H23N5O4. The minimum Gasteiger partial charge on any atom is -0.394 e. The maximum atomic E-state index is 10.4. The number of rotatable bonds is 5. The number of imidazole rings is 1. The maximum absolute atomic E-state index is 10.4. The molecule has 5 rings (SSSR count). The average molecular weight is 421 g/mol. The summed E-state index contributed by atoms with van der Waals surface area (Å²) in [5.74, 6) is 0.552. The summed E-state index contributed by atoms with van der Waals surface area (Å²) in [4.78, 5) is 13.1. The highest BCUT2D eigenvalue weighted by Gasteiger charge is 2.44. The lowest BCUT2D eigenvalue weighted by Gasteiger charge is -2.18. The lowest BCUT2D eigenvalue weighted by atomic mass is 10.00. The summed E-state index contributed by atoms with van der Waals surface area (Å²) in [6.07, 6.45) is -1.28. The summed E-state index contributed by atoms with van der Waals surface area (Å²) >= 11 is 0. The highest BCUT2D eigenvalue weighted by Crippen LogP contribution is 2.33. The number of hydrogen-bond acceptors (Lipinski definition) is 8. The second-order valence-corrected chi connectivity index (χ2v) is 7.71. The van der Waals surface area contributed by atoms with E-state index in [4.69, 9.17) is 4.74 Å². The Morgan fingerprint density at radius 3 is 2.68 bits per heavy atom. The highest BCUT2D eigenvalue weighted by atomic mass is 16.6. The Hall–Kier alpha value is -3.11. The zero-order valence-corrected chi connectivity index (χ0v) is 16.8. The molecule has 160 valence electrons. The van der Waals surface area contributed by atoms with Crippen LogP contribution in [0, 0.1) is 0 Å². The molecule has 1 aliphatic rings. The van der Waals surface area contributed by atoms with Gasteiger partial charge in [0, 0.05) is 0 Å². The van der Waals surface area contributed by atoms with Crippen molar-refractivity contribution in [3.8, 4) is 0 Å². The first-order valence-corrected chi connectivity index (χ1v) is 10.1. The molecule has 9 heteroatoms. The Labute approximate surface area is 178 Å². The van der Waals surface area contributed by atoms with E-state index in [1.54, 1.807) is 4.57 Å². The van der Waals surface area contributed by atoms with Crippen LogP contribution >= 0.6 is 0 Å². The van der Waals surface area contributed by atoms with Gasteiger partial charge in [0.2, 0.25) is 0 Å². The van der Waals surface area contributed by atoms with Crippen molar-refractivity contribution in [2.24, 2.45) is 0 Å². The number of anilines is 1. The van der Waals surface area contributed by atoms with Gasteiger partial charge in [0.15, 0.2) is 23.2 Å². The Morgan fingerprint density at radius 1 is 1.06 bits per heavy atom. The number of aliphatic hydroxyl groups is 3. The third-order valence-electron chi connectivity index (χ3n) is 5.79. The summed E-state index contributed by atoms with van der Waals surface area (Å²) in [7, 11) is 0. The van der Waals surface area contributed by atoms with Crippen LogP contribution in [0.1, 0.15) is 24.8 Å². The van der Waals surface area contributed by atoms with Crippen LogP contribution in [0.15, 0.2) is 55.1 Å². The van der Waals surface area contributed by atoms with Gasteiger partial charge in [-0.2, -0.15) is 0 Å². The van der Waals surface area contributed by atoms with Gasteiger partial charge in [-0.25, -0.2) is 15.0 Å². The number of nitrogens with one attached hydrogen (secondary N) is 1. The molecule has 4 N–H and O–H groups in total. The molecule has 2 aromatic carbocycles. The van der Waals surface area contributed by atoms with Crippen LogP contribution in [0.3, 0.4) is 0 Å². The summed E-state index contributed by atoms with van der Waals surface area (Å²) < 4.78 is 7.17. The Balaban J connectivity index is 1.48. The second-order valence-electron chi connectivity index (χ2n) is 7.71. The molecule has 0 bridgehead atoms. The second kappa shape index (κ2) is 7.86. The average Bonchev–Trinajstić information content (AvgIpc) is 3.35. The summed E-state index contributed by atoms with van der Waals surface area (Å²) in [5.41, 5.74) is 2.11. The lowest BCUT2D eigenvalue weighted by Crippen LogP contribution is -2.33. The normalized spacial score (nSPS) is 24.6. The molecule has 9 nitrogen and oxygen atoms in total. The van der Waals surface area contributed by atoms with E-state index >= 15 is 0 Å². The molecule has 4 aromatic rings. The van der Waals surface area contributed by atoms with Crippen molar-refractivity contribution in [1.82, 2.24) is 19.5 Å². The summed E-state index contributed by atoms with van der Waals surface area (Å²) in [6.45, 7) is 1.66. The van der Waals surface area contributed by atoms with E-state index in [0.29, 0.717) is 17.0 Å². The van der Waals surface area contributed by atoms with Gasteiger partial charge in [-0.3, -0.25) is 4.57 Å². The van der Waals surface area contributed by atoms with Crippen molar-refractivity contribution < 1.29 is 20.1 Å². The Morgan fingerprint density at radius 2 is 1.87 bits per heavy atom. The number of aliphatic hydroxyl groups excluding tert-OH is 3. The quantitative estimate of drug-likeness (QED) is 0.384. The molecule has 2 unspecified atom stereocenters. The minimum atomic E-state index is -1.21. The molecular weight excluding hydrogens is 398 g/mol. The molecule has 1 saturated heterocycles. The van der Waals surface area contributed by atoms with Gasteiger partial charge >= 0.3 is 0 Å². The first kappa shape index (κ1) is 19.8. The zero-order valence-electron chi connectivity index (χ0n) is 16.8. The monoisotopic (exact) mass is 421 g/mol. The van der Waals surface area contributed by atoms with E-state index in [1.165, 1.54) is 12.7 Å². The van der Waals surface area contributed by atoms with Crippen LogP contribution in [0.2, 0.25) is 0 Å². The van der Waals surface area contributed by atoms with Gasteiger partial charge in [-0.15, -0.1) is 0 Å². The van der Waals surface area contributed by atoms with Gasteiger partial charge < -0.3 is 25.4 Å². The number of fused-ring (bicyclic) bond motifs is 2. The lowest BCUT2D eigenvalue weighted by molar-refractivity contribution is -0.0511. The fourth-order valence-electron chi connectivity index (χ4n) is 4.16. The van der Waals surface area contributed by atoms with Crippen molar-refractivity contribution in [1.29, 1.82) is 0 Å². The fourth-order valence-corrected chi connectivity index (χ4v) is 4.16. The molecule has 0 saturated carbocycles. The largest absolute Gasteiger partial charge is 0.394 e. The van der Waals surface area contributed by atoms with Crippen LogP contribution in [-0.2, 0) is 4.74 Å². The summed E-state index contributed by atoms with van der Waals surface area (Å²) in [6, 6.07) is 14.3. The standard InChI is InChI=1S/C22H23N5O4/c1-12(14-8-4-6-13-5-2-3-7-15(13)14)26-20-17-21(24-10-23-20)27(11-25-17)22-19(30)18(29)16(9-28)31-22/h2-8,10-12,16,18-19,22,28-30H,9H2,1H3,(H,23,24,26)/t12?,16-,18-,19-,22?/m1/s1. The zero-order chi connectivity index (χ0) is 21.5. The van der Waals surface area contributed by atoms with Crippen molar-refractivity contribution in [3.63, 3.8) is 0 Å². The predicted octanol–water partition coefficient (Wildman–Crippen LogP) is 1.76. The predicted molar refractivity (Wildman–Crippen MR) is 114 cm³/mol. The van der Waals surface area contributed by atoms with Gasteiger partial charge in [-0.05, 0) is 23.3 Å². The van der Waals surface area contributed by atoms with Crippen LogP contribution in [-0.4, -0.2) is 59.8 Å². The smallest absolute Gasteiger partial charge is 0.167 e. The first-order chi connectivity index (χ1) is 15.1. The molecule has 0 spiro atoms. The molecule has 0 aliphatic carbocycles. The molecule has 3 heterocycles. The number of hydrogen-bond donors (Lipinski definition) is 4. The topological polar surface area (TPSA) is 126 Å². The Kier molecular flexibility index (Phi) is 5.03. The molecule has 1 fully saturated rings. The fraction of sp³-hybridized carbons (Fsp3) is 0.318. The SMILES string of the molecule is CC(Nc1ncnc2c1ncn2C1O[C@H](CO)[C@@H](O)[C@H]1O)c1cccc2ccccc12. The van der Waals surface area contributed by atoms with Crippen LogP contribution < -0.4 is 5.32 Å². The summed E-state index contributed by atoms with van der Waals surface area (Å²) in [5, 5.41) is 35.5. The van der Waals surface area contributed by atoms with Crippen molar-refractivity contribution in [2.45, 2.75) is 37.5 Å². The third kappa shape index (κ3) is 3.31. The Bertz CT molecular complexity index is 1220. The van der Waals surface area contributed by atoms with E-state index in [9.17, 15) is 15.3 Å². The van der Waals surface area contributed by atoms with E-state index < -0.39 is 31.1 Å². The number of benzene rings is 2. The van der Waals surface area contributed by atoms with E-state index in [-0.39, 0.29) is 6.04 Å². The van der Waals surface area contributed by atoms with Crippen LogP contribution in [0.5, 0.6) is 0 Å². The third-order valence-corrected chi connectivity index (χ3v) is 5.79. The van der Waals surface area contributed by atoms with Crippen LogP contribution in [0.25, 0.3) is 21.9 Å². The van der Waals surface area contributed by atoms with E-state index in [2.05, 4.69) is 51.5 Å². The molecule has 5 atom stereocenters. The number of nitrogens with zero attached hydrogens (tertiary/aromatic N) is 4. The first-order valence-electron chi connectivity index (χ1n) is 10.1. The van der Waals surface area contributed by atoms with Gasteiger partial charge in [0.1, 0.15) is 24.6 Å². The number of ether oxygens (including phenoxy) is 1. The van der Waals surface area contributed by atoms with Crippen molar-refractivity contribution in [2.75, 3.05) is 11.9 Å². The molecule has 0 radical (unpaired) electrons. The van der Waals surface area contributed by atoms with E-state index in [1.807, 2.05) is 18.2 Å². The molecule has 2 aromatic heterocycles. The van der Waals surface area contributed by atoms with Crippen LogP contribution in [0.4, 0.5) is 5.82 Å². The molecule has 0 amide bonds. The van der Waals surface area contributed by atoms with Crippen molar-refractivity contribution >= 4 is 27.8 Å². The maximum Gasteiger partial charge on any atom is 0.167 e. The highest BCUT2D eigenvalue weighted by molar-refractivity contribution is 5.87. The minimum absolute atomic E-state index is 0.0525. The van der Waals surface area contributed by atoms with Gasteiger partial charge in [0.25, 0.3) is 0 Å². The van der Waals surface area contributed by atoms with Gasteiger partial charge in [-0.1, -0.05) is 42.5 Å². The van der Waals surface area contributed by atoms with Gasteiger partial charge in [0.05, 0.1) is 19.0 Å². The molecule has 31 heavy (non-hydrogen) atoms. The molecule has 1 aliphatic heterocycles.